The van der Waals surface area contributed by atoms with Crippen molar-refractivity contribution in [2.24, 2.45) is 0 Å². The average molecular weight is 501 g/mol. The minimum Gasteiger partial charge on any atom is -0.494 e. The molecule has 0 saturated carbocycles. The molecule has 0 aliphatic carbocycles. The number of nitrogens with one attached hydrogen (secondary N) is 1. The summed E-state index contributed by atoms with van der Waals surface area (Å²) in [6.45, 7) is 5.23. The number of halogens is 1. The van der Waals surface area contributed by atoms with Crippen molar-refractivity contribution in [3.63, 3.8) is 0 Å². The summed E-state index contributed by atoms with van der Waals surface area (Å²) in [5.74, 6) is 1.36. The number of rotatable bonds is 12. The van der Waals surface area contributed by atoms with E-state index in [4.69, 9.17) is 14.2 Å². The third-order valence-electron chi connectivity index (χ3n) is 4.60. The van der Waals surface area contributed by atoms with Gasteiger partial charge in [-0.2, -0.15) is 5.26 Å². The van der Waals surface area contributed by atoms with Crippen molar-refractivity contribution >= 4 is 33.6 Å². The van der Waals surface area contributed by atoms with Crippen molar-refractivity contribution in [1.29, 1.82) is 5.26 Å². The molecule has 0 saturated heterocycles. The van der Waals surface area contributed by atoms with Gasteiger partial charge in [0.05, 0.1) is 24.8 Å². The number of hydrogen-bond donors (Lipinski definition) is 1. The van der Waals surface area contributed by atoms with Crippen molar-refractivity contribution in [2.45, 2.75) is 39.5 Å². The molecule has 0 aliphatic heterocycles. The van der Waals surface area contributed by atoms with Gasteiger partial charge in [0.15, 0.2) is 11.5 Å². The molecule has 0 radical (unpaired) electrons. The Hall–Kier alpha value is -2.98. The van der Waals surface area contributed by atoms with E-state index >= 15 is 0 Å². The van der Waals surface area contributed by atoms with Crippen LogP contribution < -0.4 is 19.5 Å². The molecule has 32 heavy (non-hydrogen) atoms. The summed E-state index contributed by atoms with van der Waals surface area (Å²) in [7, 11) is 1.56. The number of methoxy groups -OCH3 is 1. The van der Waals surface area contributed by atoms with Crippen LogP contribution >= 0.6 is 15.9 Å². The lowest BCUT2D eigenvalue weighted by atomic mass is 10.1. The summed E-state index contributed by atoms with van der Waals surface area (Å²) in [4.78, 5) is 12.6. The highest BCUT2D eigenvalue weighted by atomic mass is 79.9. The summed E-state index contributed by atoms with van der Waals surface area (Å²) in [6.07, 6.45) is 5.95. The largest absolute Gasteiger partial charge is 0.494 e. The number of nitriles is 1. The Morgan fingerprint density at radius 2 is 1.88 bits per heavy atom. The van der Waals surface area contributed by atoms with E-state index in [2.05, 4.69) is 28.2 Å². The molecule has 0 aliphatic rings. The number of anilines is 1. The second-order valence-electron chi connectivity index (χ2n) is 7.02. The number of unbranched alkanes of at least 4 members (excludes halogenated alkanes) is 3. The second kappa shape index (κ2) is 13.4. The van der Waals surface area contributed by atoms with E-state index in [-0.39, 0.29) is 5.57 Å². The van der Waals surface area contributed by atoms with E-state index in [1.165, 1.54) is 18.9 Å². The molecule has 0 bridgehead atoms. The Balaban J connectivity index is 2.14. The van der Waals surface area contributed by atoms with Crippen LogP contribution in [0.3, 0.4) is 0 Å². The SMILES string of the molecule is CCCCCCOc1c(Br)cc(/C=C(\C#N)C(=O)Nc2ccc(OCC)cc2)cc1OC. The van der Waals surface area contributed by atoms with Gasteiger partial charge in [0, 0.05) is 5.69 Å². The molecular formula is C25H29BrN2O4. The Bertz CT molecular complexity index is 965. The molecule has 0 spiro atoms. The summed E-state index contributed by atoms with van der Waals surface area (Å²) in [5, 5.41) is 12.2. The highest BCUT2D eigenvalue weighted by molar-refractivity contribution is 9.10. The van der Waals surface area contributed by atoms with Crippen molar-refractivity contribution in [1.82, 2.24) is 0 Å². The van der Waals surface area contributed by atoms with E-state index < -0.39 is 5.91 Å². The molecule has 1 N–H and O–H groups in total. The predicted octanol–water partition coefficient (Wildman–Crippen LogP) is 6.36. The molecule has 2 rings (SSSR count). The van der Waals surface area contributed by atoms with Crippen molar-refractivity contribution in [3.8, 4) is 23.3 Å². The fourth-order valence-electron chi connectivity index (χ4n) is 2.98. The molecule has 0 fully saturated rings. The van der Waals surface area contributed by atoms with E-state index in [0.29, 0.717) is 46.2 Å². The van der Waals surface area contributed by atoms with Gasteiger partial charge in [0.25, 0.3) is 5.91 Å². The zero-order chi connectivity index (χ0) is 23.3. The van der Waals surface area contributed by atoms with E-state index in [9.17, 15) is 10.1 Å². The average Bonchev–Trinajstić information content (AvgIpc) is 2.79. The van der Waals surface area contributed by atoms with Crippen LogP contribution in [-0.2, 0) is 4.79 Å². The molecule has 170 valence electrons. The number of hydrogen-bond acceptors (Lipinski definition) is 5. The maximum Gasteiger partial charge on any atom is 0.266 e. The highest BCUT2D eigenvalue weighted by Gasteiger charge is 2.14. The van der Waals surface area contributed by atoms with Crippen LogP contribution in [0.4, 0.5) is 5.69 Å². The number of nitrogens with zero attached hydrogens (tertiary/aromatic N) is 1. The number of carbonyl (C=O) groups excluding carboxylic acids is 1. The Labute approximate surface area is 198 Å². The minimum atomic E-state index is -0.497. The van der Waals surface area contributed by atoms with Crippen molar-refractivity contribution in [3.05, 3.63) is 52.0 Å². The fraction of sp³-hybridized carbons (Fsp3) is 0.360. The van der Waals surface area contributed by atoms with Gasteiger partial charge in [0.1, 0.15) is 17.4 Å². The lowest BCUT2D eigenvalue weighted by Crippen LogP contribution is -2.13. The van der Waals surface area contributed by atoms with Crippen LogP contribution in [0, 0.1) is 11.3 Å². The van der Waals surface area contributed by atoms with Crippen LogP contribution in [0.15, 0.2) is 46.4 Å². The van der Waals surface area contributed by atoms with Crippen molar-refractivity contribution < 1.29 is 19.0 Å². The normalized spacial score (nSPS) is 10.9. The fourth-order valence-corrected chi connectivity index (χ4v) is 3.56. The molecule has 0 heterocycles. The lowest BCUT2D eigenvalue weighted by molar-refractivity contribution is -0.112. The Morgan fingerprint density at radius 1 is 1.12 bits per heavy atom. The molecule has 2 aromatic carbocycles. The summed E-state index contributed by atoms with van der Waals surface area (Å²) >= 11 is 3.51. The smallest absolute Gasteiger partial charge is 0.266 e. The molecule has 2 aromatic rings. The summed E-state index contributed by atoms with van der Waals surface area (Å²) < 4.78 is 17.5. The molecule has 0 aromatic heterocycles. The van der Waals surface area contributed by atoms with Gasteiger partial charge < -0.3 is 19.5 Å². The van der Waals surface area contributed by atoms with Gasteiger partial charge in [-0.3, -0.25) is 4.79 Å². The Kier molecular flexibility index (Phi) is 10.6. The van der Waals surface area contributed by atoms with Gasteiger partial charge >= 0.3 is 0 Å². The van der Waals surface area contributed by atoms with E-state index in [0.717, 1.165) is 12.8 Å². The van der Waals surface area contributed by atoms with Crippen LogP contribution in [0.25, 0.3) is 6.08 Å². The van der Waals surface area contributed by atoms with Crippen LogP contribution in [0.2, 0.25) is 0 Å². The predicted molar refractivity (Wildman–Crippen MR) is 130 cm³/mol. The third kappa shape index (κ3) is 7.61. The van der Waals surface area contributed by atoms with Crippen LogP contribution in [0.1, 0.15) is 45.1 Å². The summed E-state index contributed by atoms with van der Waals surface area (Å²) in [5.41, 5.74) is 1.19. The number of ether oxygens (including phenoxy) is 3. The first kappa shape index (κ1) is 25.3. The quantitative estimate of drug-likeness (QED) is 0.208. The molecule has 7 heteroatoms. The number of carbonyl (C=O) groups is 1. The highest BCUT2D eigenvalue weighted by Crippen LogP contribution is 2.37. The monoisotopic (exact) mass is 500 g/mol. The molecule has 0 atom stereocenters. The van der Waals surface area contributed by atoms with Crippen LogP contribution in [0.5, 0.6) is 17.2 Å². The summed E-state index contributed by atoms with van der Waals surface area (Å²) in [6, 6.07) is 12.5. The maximum absolute atomic E-state index is 12.6. The van der Waals surface area contributed by atoms with Gasteiger partial charge in [-0.25, -0.2) is 0 Å². The zero-order valence-corrected chi connectivity index (χ0v) is 20.3. The van der Waals surface area contributed by atoms with E-state index in [1.54, 1.807) is 43.5 Å². The maximum atomic E-state index is 12.6. The van der Waals surface area contributed by atoms with E-state index in [1.807, 2.05) is 13.0 Å². The standard InChI is InChI=1S/C25H29BrN2O4/c1-4-6-7-8-13-32-24-22(26)15-18(16-23(24)30-3)14-19(17-27)25(29)28-20-9-11-21(12-10-20)31-5-2/h9-12,14-16H,4-8,13H2,1-3H3,(H,28,29)/b19-14+. The molecular weight excluding hydrogens is 472 g/mol. The van der Waals surface area contributed by atoms with Crippen molar-refractivity contribution in [2.75, 3.05) is 25.6 Å². The third-order valence-corrected chi connectivity index (χ3v) is 5.18. The lowest BCUT2D eigenvalue weighted by Gasteiger charge is -2.14. The first-order valence-electron chi connectivity index (χ1n) is 10.7. The first-order chi connectivity index (χ1) is 15.5. The van der Waals surface area contributed by atoms with Gasteiger partial charge in [-0.15, -0.1) is 0 Å². The number of amides is 1. The first-order valence-corrected chi connectivity index (χ1v) is 11.5. The topological polar surface area (TPSA) is 80.6 Å². The van der Waals surface area contributed by atoms with Gasteiger partial charge in [0.2, 0.25) is 0 Å². The van der Waals surface area contributed by atoms with Crippen LogP contribution in [-0.4, -0.2) is 26.2 Å². The second-order valence-corrected chi connectivity index (χ2v) is 7.88. The minimum absolute atomic E-state index is 0.0268. The molecule has 1 amide bonds. The van der Waals surface area contributed by atoms with Gasteiger partial charge in [-0.1, -0.05) is 26.2 Å². The Morgan fingerprint density at radius 3 is 2.50 bits per heavy atom. The van der Waals surface area contributed by atoms with Gasteiger partial charge in [-0.05, 0) is 77.3 Å². The molecule has 6 nitrogen and oxygen atoms in total. The zero-order valence-electron chi connectivity index (χ0n) is 18.7. The molecule has 0 unspecified atom stereocenters. The number of benzene rings is 2.